The molecular weight excluding hydrogens is 143 g/mol. The van der Waals surface area contributed by atoms with Crippen molar-refractivity contribution in [3.8, 4) is 0 Å². The number of hydrogen-bond donors (Lipinski definition) is 3. The summed E-state index contributed by atoms with van der Waals surface area (Å²) in [5.41, 5.74) is 0. The van der Waals surface area contributed by atoms with Crippen molar-refractivity contribution in [1.29, 1.82) is 0 Å². The molecule has 0 atom stereocenters. The first-order chi connectivity index (χ1) is 3.92. The molecule has 3 N–H and O–H groups in total. The van der Waals surface area contributed by atoms with Gasteiger partial charge in [-0.3, -0.25) is 0 Å². The van der Waals surface area contributed by atoms with Gasteiger partial charge in [-0.1, -0.05) is 0 Å². The minimum absolute atomic E-state index is 0.176. The fraction of sp³-hybridized carbons (Fsp3) is 1.00. The van der Waals surface area contributed by atoms with E-state index in [2.05, 4.69) is 4.52 Å². The molecule has 0 saturated carbocycles. The van der Waals surface area contributed by atoms with Crippen molar-refractivity contribution in [1.82, 2.24) is 0 Å². The van der Waals surface area contributed by atoms with E-state index in [1.54, 1.807) is 0 Å². The van der Waals surface area contributed by atoms with Crippen molar-refractivity contribution >= 4 is 8.17 Å². The van der Waals surface area contributed by atoms with E-state index in [4.69, 9.17) is 14.7 Å². The normalized spacial score (nSPS) is 14.4. The number of rotatable bonds is 3. The summed E-state index contributed by atoms with van der Waals surface area (Å²) in [5, 5.41) is 0. The van der Waals surface area contributed by atoms with E-state index in [-0.39, 0.29) is 12.5 Å². The van der Waals surface area contributed by atoms with Crippen LogP contribution < -0.4 is 0 Å². The Morgan fingerprint density at radius 3 is 1.89 bits per heavy atom. The van der Waals surface area contributed by atoms with Gasteiger partial charge in [0.15, 0.2) is 0 Å². The molecule has 0 unspecified atom stereocenters. The molecule has 0 heterocycles. The molecule has 0 radical (unpaired) electrons. The molecule has 0 fully saturated rings. The van der Waals surface area contributed by atoms with Gasteiger partial charge in [-0.15, -0.1) is 0 Å². The predicted molar refractivity (Wildman–Crippen MR) is 35.8 cm³/mol. The third kappa shape index (κ3) is 8.27. The van der Waals surface area contributed by atoms with Gasteiger partial charge in [0.25, 0.3) is 0 Å². The van der Waals surface area contributed by atoms with E-state index in [1.165, 1.54) is 0 Å². The zero-order valence-electron chi connectivity index (χ0n) is 5.53. The van der Waals surface area contributed by atoms with Crippen molar-refractivity contribution < 1.29 is 19.2 Å². The van der Waals surface area contributed by atoms with Gasteiger partial charge in [-0.25, -0.2) is 0 Å². The standard InChI is InChI=1S/C4H13O4P/c1-4(2)3-8-9(5,6)7/h4-7,9H,3H2,1-2H3. The maximum atomic E-state index is 8.29. The van der Waals surface area contributed by atoms with Crippen LogP contribution in [0.3, 0.4) is 0 Å². The van der Waals surface area contributed by atoms with Crippen LogP contribution in [-0.4, -0.2) is 21.3 Å². The molecule has 58 valence electrons. The van der Waals surface area contributed by atoms with Gasteiger partial charge in [0.05, 0.1) is 0 Å². The first kappa shape index (κ1) is 9.27. The van der Waals surface area contributed by atoms with E-state index < -0.39 is 8.17 Å². The SMILES string of the molecule is CC(C)CO[PH](O)(O)O. The summed E-state index contributed by atoms with van der Waals surface area (Å²) in [7, 11) is -4.22. The van der Waals surface area contributed by atoms with Crippen LogP contribution in [0.2, 0.25) is 0 Å². The molecule has 0 amide bonds. The predicted octanol–water partition coefficient (Wildman–Crippen LogP) is 0.0458. The monoisotopic (exact) mass is 156 g/mol. The fourth-order valence-electron chi connectivity index (χ4n) is 0.278. The molecule has 0 aliphatic rings. The molecule has 0 saturated heterocycles. The van der Waals surface area contributed by atoms with Crippen molar-refractivity contribution in [3.05, 3.63) is 0 Å². The minimum atomic E-state index is -4.22. The zero-order valence-corrected chi connectivity index (χ0v) is 6.53. The summed E-state index contributed by atoms with van der Waals surface area (Å²) in [4.78, 5) is 24.9. The molecule has 0 rings (SSSR count). The van der Waals surface area contributed by atoms with E-state index in [0.717, 1.165) is 0 Å². The van der Waals surface area contributed by atoms with E-state index in [9.17, 15) is 0 Å². The Morgan fingerprint density at radius 2 is 1.78 bits per heavy atom. The van der Waals surface area contributed by atoms with Crippen molar-refractivity contribution in [2.45, 2.75) is 13.8 Å². The molecule has 0 spiro atoms. The Labute approximate surface area is 54.8 Å². The Balaban J connectivity index is 3.28. The maximum absolute atomic E-state index is 8.29. The quantitative estimate of drug-likeness (QED) is 0.505. The summed E-state index contributed by atoms with van der Waals surface area (Å²) < 4.78 is 4.30. The zero-order chi connectivity index (χ0) is 7.49. The van der Waals surface area contributed by atoms with Crippen LogP contribution in [0.1, 0.15) is 13.8 Å². The van der Waals surface area contributed by atoms with Crippen LogP contribution in [-0.2, 0) is 4.52 Å². The Bertz CT molecular complexity index is 77.1. The van der Waals surface area contributed by atoms with Gasteiger partial charge in [0.1, 0.15) is 0 Å². The molecular formula is C4H13O4P. The second-order valence-corrected chi connectivity index (χ2v) is 3.72. The van der Waals surface area contributed by atoms with E-state index in [1.807, 2.05) is 13.8 Å². The third-order valence-corrected chi connectivity index (χ3v) is 1.16. The van der Waals surface area contributed by atoms with Crippen LogP contribution in [0.15, 0.2) is 0 Å². The average Bonchev–Trinajstić information content (AvgIpc) is 1.59. The van der Waals surface area contributed by atoms with E-state index >= 15 is 0 Å². The average molecular weight is 156 g/mol. The third-order valence-electron chi connectivity index (χ3n) is 0.610. The fourth-order valence-corrected chi connectivity index (χ4v) is 0.835. The van der Waals surface area contributed by atoms with Crippen LogP contribution >= 0.6 is 8.17 Å². The van der Waals surface area contributed by atoms with Crippen molar-refractivity contribution in [2.75, 3.05) is 6.61 Å². The van der Waals surface area contributed by atoms with Gasteiger partial charge in [0, 0.05) is 0 Å². The Kier molecular flexibility index (Phi) is 3.54. The van der Waals surface area contributed by atoms with Gasteiger partial charge < -0.3 is 0 Å². The van der Waals surface area contributed by atoms with Crippen LogP contribution in [0.4, 0.5) is 0 Å². The second-order valence-electron chi connectivity index (χ2n) is 2.28. The van der Waals surface area contributed by atoms with Crippen LogP contribution in [0, 0.1) is 5.92 Å². The second kappa shape index (κ2) is 3.44. The summed E-state index contributed by atoms with van der Waals surface area (Å²) in [6.45, 7) is 3.87. The number of hydrogen-bond acceptors (Lipinski definition) is 4. The summed E-state index contributed by atoms with van der Waals surface area (Å²) in [5.74, 6) is 0.198. The molecule has 0 aliphatic carbocycles. The molecule has 0 aromatic heterocycles. The van der Waals surface area contributed by atoms with Gasteiger partial charge in [-0.2, -0.15) is 0 Å². The first-order valence-corrected chi connectivity index (χ1v) is 4.48. The molecule has 0 aliphatic heterocycles. The van der Waals surface area contributed by atoms with Gasteiger partial charge >= 0.3 is 53.7 Å². The molecule has 5 heteroatoms. The first-order valence-electron chi connectivity index (χ1n) is 2.73. The Hall–Kier alpha value is 0.270. The van der Waals surface area contributed by atoms with Gasteiger partial charge in [-0.05, 0) is 0 Å². The summed E-state index contributed by atoms with van der Waals surface area (Å²) in [6.07, 6.45) is 0. The Morgan fingerprint density at radius 1 is 1.33 bits per heavy atom. The van der Waals surface area contributed by atoms with E-state index in [0.29, 0.717) is 0 Å². The summed E-state index contributed by atoms with van der Waals surface area (Å²) in [6, 6.07) is 0. The topological polar surface area (TPSA) is 69.9 Å². The summed E-state index contributed by atoms with van der Waals surface area (Å²) >= 11 is 0. The van der Waals surface area contributed by atoms with Gasteiger partial charge in [0.2, 0.25) is 0 Å². The molecule has 0 bridgehead atoms. The van der Waals surface area contributed by atoms with Crippen molar-refractivity contribution in [3.63, 3.8) is 0 Å². The van der Waals surface area contributed by atoms with Crippen molar-refractivity contribution in [2.24, 2.45) is 5.92 Å². The molecule has 4 nitrogen and oxygen atoms in total. The molecule has 0 aromatic carbocycles. The molecule has 9 heavy (non-hydrogen) atoms. The van der Waals surface area contributed by atoms with Crippen LogP contribution in [0.5, 0.6) is 0 Å². The molecule has 0 aromatic rings. The van der Waals surface area contributed by atoms with Crippen LogP contribution in [0.25, 0.3) is 0 Å².